The number of carbonyl (C=O) groups excluding carboxylic acids is 2. The SMILES string of the molecule is C=C(C)O[C@]1(C(C)=O)C(=C)C[C@H]2[C@@H]3CCC4=CC(=O)CC[C@@H]4[C@H]3CC[C@@]21C. The van der Waals surface area contributed by atoms with Gasteiger partial charge < -0.3 is 4.74 Å². The van der Waals surface area contributed by atoms with E-state index in [-0.39, 0.29) is 11.2 Å². The van der Waals surface area contributed by atoms with Crippen LogP contribution in [0.3, 0.4) is 0 Å². The van der Waals surface area contributed by atoms with Crippen LogP contribution in [0.1, 0.15) is 65.7 Å². The van der Waals surface area contributed by atoms with E-state index in [1.54, 1.807) is 6.92 Å². The normalized spacial score (nSPS) is 43.3. The molecule has 0 radical (unpaired) electrons. The summed E-state index contributed by atoms with van der Waals surface area (Å²) in [5.74, 6) is 3.18. The third kappa shape index (κ3) is 2.46. The lowest BCUT2D eigenvalue weighted by Gasteiger charge is -2.55. The van der Waals surface area contributed by atoms with E-state index in [9.17, 15) is 9.59 Å². The highest BCUT2D eigenvalue weighted by molar-refractivity contribution is 5.91. The van der Waals surface area contributed by atoms with E-state index < -0.39 is 5.60 Å². The molecule has 0 spiro atoms. The fraction of sp³-hybridized carbons (Fsp3) is 0.667. The van der Waals surface area contributed by atoms with Crippen molar-refractivity contribution in [1.29, 1.82) is 0 Å². The summed E-state index contributed by atoms with van der Waals surface area (Å²) in [7, 11) is 0. The number of ether oxygens (including phenoxy) is 1. The standard InChI is InChI=1S/C24H32O3/c1-14(2)27-24(16(4)25)15(3)12-22-21-8-6-17-13-18(26)7-9-19(17)20(21)10-11-23(22,24)5/h13,19-22H,1,3,6-12H2,2,4-5H3/t19-,20+,21+,22-,23-,24-/m0/s1. The van der Waals surface area contributed by atoms with E-state index in [2.05, 4.69) is 20.1 Å². The maximum atomic E-state index is 12.9. The Kier molecular flexibility index (Phi) is 4.29. The number of Topliss-reactive ketones (excluding diaryl/α,β-unsaturated/α-hetero) is 1. The molecule has 0 aliphatic heterocycles. The molecule has 4 aliphatic rings. The third-order valence-electron chi connectivity index (χ3n) is 8.28. The fourth-order valence-corrected chi connectivity index (χ4v) is 7.30. The molecule has 3 nitrogen and oxygen atoms in total. The minimum atomic E-state index is -0.923. The van der Waals surface area contributed by atoms with Crippen molar-refractivity contribution >= 4 is 11.6 Å². The molecule has 0 N–H and O–H groups in total. The molecule has 0 amide bonds. The van der Waals surface area contributed by atoms with Gasteiger partial charge in [-0.1, -0.05) is 25.7 Å². The second-order valence-electron chi connectivity index (χ2n) is 9.61. The van der Waals surface area contributed by atoms with Crippen molar-refractivity contribution in [3.05, 3.63) is 36.1 Å². The van der Waals surface area contributed by atoms with Gasteiger partial charge in [0.15, 0.2) is 17.2 Å². The van der Waals surface area contributed by atoms with Crippen molar-refractivity contribution in [2.75, 3.05) is 0 Å². The van der Waals surface area contributed by atoms with Gasteiger partial charge in [-0.25, -0.2) is 0 Å². The molecule has 4 rings (SSSR count). The van der Waals surface area contributed by atoms with Crippen molar-refractivity contribution in [2.24, 2.45) is 29.1 Å². The minimum absolute atomic E-state index is 0.0682. The molecule has 0 heterocycles. The average molecular weight is 369 g/mol. The lowest BCUT2D eigenvalue weighted by molar-refractivity contribution is -0.156. The zero-order valence-electron chi connectivity index (χ0n) is 17.0. The van der Waals surface area contributed by atoms with Gasteiger partial charge in [-0.3, -0.25) is 9.59 Å². The van der Waals surface area contributed by atoms with Gasteiger partial charge in [0.1, 0.15) is 0 Å². The molecule has 27 heavy (non-hydrogen) atoms. The predicted molar refractivity (Wildman–Crippen MR) is 106 cm³/mol. The lowest BCUT2D eigenvalue weighted by Crippen LogP contribution is -2.57. The molecule has 0 unspecified atom stereocenters. The minimum Gasteiger partial charge on any atom is -0.480 e. The topological polar surface area (TPSA) is 43.4 Å². The Hall–Kier alpha value is -1.64. The Morgan fingerprint density at radius 1 is 1.19 bits per heavy atom. The second kappa shape index (κ2) is 6.18. The molecular formula is C24H32O3. The Morgan fingerprint density at radius 3 is 2.59 bits per heavy atom. The molecule has 3 fully saturated rings. The largest absolute Gasteiger partial charge is 0.480 e. The number of hydrogen-bond acceptors (Lipinski definition) is 3. The van der Waals surface area contributed by atoms with Crippen LogP contribution in [0.2, 0.25) is 0 Å². The zero-order valence-corrected chi connectivity index (χ0v) is 17.0. The molecule has 0 aromatic heterocycles. The average Bonchev–Trinajstić information content (AvgIpc) is 2.82. The Labute approximate surface area is 162 Å². The predicted octanol–water partition coefficient (Wildman–Crippen LogP) is 5.17. The first-order valence-electron chi connectivity index (χ1n) is 10.5. The van der Waals surface area contributed by atoms with Gasteiger partial charge in [0.2, 0.25) is 0 Å². The van der Waals surface area contributed by atoms with E-state index in [1.165, 1.54) is 5.57 Å². The summed E-state index contributed by atoms with van der Waals surface area (Å²) in [4.78, 5) is 24.8. The highest BCUT2D eigenvalue weighted by Gasteiger charge is 2.68. The van der Waals surface area contributed by atoms with Crippen molar-refractivity contribution in [3.63, 3.8) is 0 Å². The van der Waals surface area contributed by atoms with E-state index >= 15 is 0 Å². The Bertz CT molecular complexity index is 760. The number of carbonyl (C=O) groups is 2. The van der Waals surface area contributed by atoms with Crippen LogP contribution in [0, 0.1) is 29.1 Å². The lowest BCUT2D eigenvalue weighted by atomic mass is 9.50. The quantitative estimate of drug-likeness (QED) is 0.510. The summed E-state index contributed by atoms with van der Waals surface area (Å²) in [6.45, 7) is 14.0. The van der Waals surface area contributed by atoms with Crippen LogP contribution in [0.4, 0.5) is 0 Å². The van der Waals surface area contributed by atoms with Gasteiger partial charge in [0.25, 0.3) is 0 Å². The molecule has 0 saturated heterocycles. The van der Waals surface area contributed by atoms with E-state index in [0.717, 1.165) is 44.1 Å². The number of rotatable bonds is 3. The molecule has 3 heteroatoms. The summed E-state index contributed by atoms with van der Waals surface area (Å²) in [6.07, 6.45) is 8.75. The van der Waals surface area contributed by atoms with Crippen LogP contribution >= 0.6 is 0 Å². The van der Waals surface area contributed by atoms with Crippen molar-refractivity contribution in [1.82, 2.24) is 0 Å². The highest BCUT2D eigenvalue weighted by Crippen LogP contribution is 2.67. The van der Waals surface area contributed by atoms with Crippen molar-refractivity contribution < 1.29 is 14.3 Å². The molecule has 0 aromatic carbocycles. The zero-order chi connectivity index (χ0) is 19.6. The van der Waals surface area contributed by atoms with Crippen molar-refractivity contribution in [3.8, 4) is 0 Å². The number of hydrogen-bond donors (Lipinski definition) is 0. The first-order chi connectivity index (χ1) is 12.7. The first-order valence-corrected chi connectivity index (χ1v) is 10.5. The van der Waals surface area contributed by atoms with E-state index in [0.29, 0.717) is 41.6 Å². The Morgan fingerprint density at radius 2 is 1.93 bits per heavy atom. The van der Waals surface area contributed by atoms with Gasteiger partial charge in [0.05, 0.1) is 5.76 Å². The second-order valence-corrected chi connectivity index (χ2v) is 9.61. The molecule has 146 valence electrons. The number of ketones is 2. The maximum Gasteiger partial charge on any atom is 0.192 e. The summed E-state index contributed by atoms with van der Waals surface area (Å²) in [5, 5.41) is 0. The van der Waals surface area contributed by atoms with Crippen LogP contribution in [0.5, 0.6) is 0 Å². The molecule has 0 aromatic rings. The van der Waals surface area contributed by atoms with Gasteiger partial charge in [0, 0.05) is 11.8 Å². The van der Waals surface area contributed by atoms with Gasteiger partial charge in [-0.2, -0.15) is 0 Å². The fourth-order valence-electron chi connectivity index (χ4n) is 7.30. The molecule has 0 bridgehead atoms. The summed E-state index contributed by atoms with van der Waals surface area (Å²) < 4.78 is 6.25. The Balaban J connectivity index is 1.71. The monoisotopic (exact) mass is 368 g/mol. The number of fused-ring (bicyclic) bond motifs is 5. The number of allylic oxidation sites excluding steroid dienone is 2. The molecular weight excluding hydrogens is 336 g/mol. The first kappa shape index (κ1) is 18.7. The third-order valence-corrected chi connectivity index (χ3v) is 8.28. The van der Waals surface area contributed by atoms with Crippen LogP contribution in [0.25, 0.3) is 0 Å². The molecule has 3 saturated carbocycles. The highest BCUT2D eigenvalue weighted by atomic mass is 16.5. The van der Waals surface area contributed by atoms with E-state index in [4.69, 9.17) is 4.74 Å². The molecule has 4 aliphatic carbocycles. The van der Waals surface area contributed by atoms with Gasteiger partial charge in [-0.15, -0.1) is 0 Å². The van der Waals surface area contributed by atoms with Crippen molar-refractivity contribution in [2.45, 2.75) is 71.3 Å². The van der Waals surface area contributed by atoms with Crippen LogP contribution in [-0.2, 0) is 14.3 Å². The summed E-state index contributed by atoms with van der Waals surface area (Å²) >= 11 is 0. The van der Waals surface area contributed by atoms with Gasteiger partial charge >= 0.3 is 0 Å². The maximum absolute atomic E-state index is 12.9. The van der Waals surface area contributed by atoms with Crippen LogP contribution in [0.15, 0.2) is 36.1 Å². The van der Waals surface area contributed by atoms with Crippen LogP contribution in [-0.4, -0.2) is 17.2 Å². The van der Waals surface area contributed by atoms with E-state index in [1.807, 2.05) is 13.0 Å². The van der Waals surface area contributed by atoms with Gasteiger partial charge in [-0.05, 0) is 87.7 Å². The summed E-state index contributed by atoms with van der Waals surface area (Å²) in [5.41, 5.74) is 1.18. The summed E-state index contributed by atoms with van der Waals surface area (Å²) in [6, 6.07) is 0. The molecule has 6 atom stereocenters. The van der Waals surface area contributed by atoms with Crippen LogP contribution < -0.4 is 0 Å². The smallest absolute Gasteiger partial charge is 0.192 e.